The molecule has 0 unspecified atom stereocenters. The zero-order valence-corrected chi connectivity index (χ0v) is 10.5. The number of nitrogens with one attached hydrogen (secondary N) is 2. The van der Waals surface area contributed by atoms with E-state index in [1.807, 2.05) is 0 Å². The van der Waals surface area contributed by atoms with Crippen molar-refractivity contribution in [1.82, 2.24) is 9.97 Å². The van der Waals surface area contributed by atoms with Crippen LogP contribution in [0.3, 0.4) is 0 Å². The largest absolute Gasteiger partial charge is 0.481 e. The number of halogens is 3. The van der Waals surface area contributed by atoms with Gasteiger partial charge in [-0.25, -0.2) is 4.98 Å². The Morgan fingerprint density at radius 3 is 2.65 bits per heavy atom. The van der Waals surface area contributed by atoms with Crippen molar-refractivity contribution in [3.63, 3.8) is 0 Å². The molecule has 9 heteroatoms. The van der Waals surface area contributed by atoms with E-state index < -0.39 is 23.4 Å². The summed E-state index contributed by atoms with van der Waals surface area (Å²) in [6, 6.07) is 0.387. The van der Waals surface area contributed by atoms with E-state index in [1.54, 1.807) is 0 Å². The molecule has 1 aromatic heterocycles. The van der Waals surface area contributed by atoms with Gasteiger partial charge in [-0.1, -0.05) is 6.42 Å². The number of H-pyrrole nitrogens is 1. The molecule has 1 rings (SSSR count). The van der Waals surface area contributed by atoms with Crippen LogP contribution in [-0.4, -0.2) is 27.6 Å². The molecule has 0 atom stereocenters. The molecule has 0 saturated carbocycles. The van der Waals surface area contributed by atoms with E-state index in [4.69, 9.17) is 5.11 Å². The maximum Gasteiger partial charge on any atom is 0.433 e. The highest BCUT2D eigenvalue weighted by Gasteiger charge is 2.33. The second-order valence-corrected chi connectivity index (χ2v) is 4.11. The van der Waals surface area contributed by atoms with Gasteiger partial charge in [0.25, 0.3) is 5.56 Å². The van der Waals surface area contributed by atoms with Crippen molar-refractivity contribution in [2.24, 2.45) is 0 Å². The molecule has 0 bridgehead atoms. The maximum absolute atomic E-state index is 12.4. The van der Waals surface area contributed by atoms with Crippen LogP contribution >= 0.6 is 0 Å². The van der Waals surface area contributed by atoms with Gasteiger partial charge < -0.3 is 10.4 Å². The Kier molecular flexibility index (Phi) is 5.53. The summed E-state index contributed by atoms with van der Waals surface area (Å²) in [4.78, 5) is 26.7. The van der Waals surface area contributed by atoms with Crippen LogP contribution in [0.4, 0.5) is 19.1 Å². The van der Waals surface area contributed by atoms with E-state index in [9.17, 15) is 22.8 Å². The van der Waals surface area contributed by atoms with Gasteiger partial charge in [0.1, 0.15) is 0 Å². The summed E-state index contributed by atoms with van der Waals surface area (Å²) < 4.78 is 37.2. The lowest BCUT2D eigenvalue weighted by molar-refractivity contribution is -0.141. The number of aromatic amines is 1. The van der Waals surface area contributed by atoms with Crippen molar-refractivity contribution < 1.29 is 23.1 Å². The number of nitrogens with zero attached hydrogens (tertiary/aromatic N) is 1. The highest BCUT2D eigenvalue weighted by atomic mass is 19.4. The number of aromatic nitrogens is 2. The minimum atomic E-state index is -4.67. The number of carboxylic acid groups (broad SMARTS) is 1. The van der Waals surface area contributed by atoms with Gasteiger partial charge in [0, 0.05) is 19.0 Å². The van der Waals surface area contributed by atoms with Crippen LogP contribution in [-0.2, 0) is 11.0 Å². The molecule has 1 heterocycles. The molecule has 0 aliphatic carbocycles. The molecule has 0 spiro atoms. The van der Waals surface area contributed by atoms with E-state index in [0.29, 0.717) is 31.9 Å². The molecule has 6 nitrogen and oxygen atoms in total. The van der Waals surface area contributed by atoms with Crippen LogP contribution in [0.1, 0.15) is 31.4 Å². The Bertz CT molecular complexity index is 514. The lowest BCUT2D eigenvalue weighted by Gasteiger charge is -2.08. The fourth-order valence-corrected chi connectivity index (χ4v) is 1.47. The second kappa shape index (κ2) is 6.92. The summed E-state index contributed by atoms with van der Waals surface area (Å²) >= 11 is 0. The average Bonchev–Trinajstić information content (AvgIpc) is 2.31. The van der Waals surface area contributed by atoms with Crippen LogP contribution in [0.25, 0.3) is 0 Å². The summed E-state index contributed by atoms with van der Waals surface area (Å²) in [6.07, 6.45) is -2.95. The average molecular weight is 293 g/mol. The Morgan fingerprint density at radius 2 is 2.05 bits per heavy atom. The first-order valence-corrected chi connectivity index (χ1v) is 5.93. The Balaban J connectivity index is 2.46. The molecule has 0 aromatic carbocycles. The number of carboxylic acids is 1. The van der Waals surface area contributed by atoms with Crippen LogP contribution in [0.5, 0.6) is 0 Å². The van der Waals surface area contributed by atoms with Crippen molar-refractivity contribution in [3.8, 4) is 0 Å². The van der Waals surface area contributed by atoms with Crippen molar-refractivity contribution in [3.05, 3.63) is 22.1 Å². The fraction of sp³-hybridized carbons (Fsp3) is 0.545. The Morgan fingerprint density at radius 1 is 1.35 bits per heavy atom. The van der Waals surface area contributed by atoms with Crippen LogP contribution in [0.15, 0.2) is 10.9 Å². The van der Waals surface area contributed by atoms with Crippen LogP contribution < -0.4 is 10.9 Å². The highest BCUT2D eigenvalue weighted by Crippen LogP contribution is 2.26. The normalized spacial score (nSPS) is 11.3. The molecule has 20 heavy (non-hydrogen) atoms. The predicted octanol–water partition coefficient (Wildman–Crippen LogP) is 1.85. The summed E-state index contributed by atoms with van der Waals surface area (Å²) in [5.74, 6) is -1.13. The SMILES string of the molecule is O=C(O)CCCCCNc1nc(C(F)(F)F)cc(=O)[nH]1. The van der Waals surface area contributed by atoms with Gasteiger partial charge in [-0.3, -0.25) is 14.6 Å². The fourth-order valence-electron chi connectivity index (χ4n) is 1.47. The molecule has 3 N–H and O–H groups in total. The first-order chi connectivity index (χ1) is 9.29. The van der Waals surface area contributed by atoms with E-state index in [-0.39, 0.29) is 12.4 Å². The summed E-state index contributed by atoms with van der Waals surface area (Å²) in [7, 11) is 0. The Hall–Kier alpha value is -2.06. The van der Waals surface area contributed by atoms with Gasteiger partial charge in [0.2, 0.25) is 5.95 Å². The van der Waals surface area contributed by atoms with Gasteiger partial charge in [0.15, 0.2) is 5.69 Å². The highest BCUT2D eigenvalue weighted by molar-refractivity contribution is 5.66. The third-order valence-electron chi connectivity index (χ3n) is 2.39. The van der Waals surface area contributed by atoms with Crippen LogP contribution in [0, 0.1) is 0 Å². The first-order valence-electron chi connectivity index (χ1n) is 5.93. The van der Waals surface area contributed by atoms with Crippen molar-refractivity contribution >= 4 is 11.9 Å². The molecule has 0 saturated heterocycles. The summed E-state index contributed by atoms with van der Waals surface area (Å²) in [5, 5.41) is 11.0. The van der Waals surface area contributed by atoms with E-state index in [1.165, 1.54) is 0 Å². The second-order valence-electron chi connectivity index (χ2n) is 4.11. The maximum atomic E-state index is 12.4. The van der Waals surface area contributed by atoms with E-state index in [2.05, 4.69) is 15.3 Å². The quantitative estimate of drug-likeness (QED) is 0.667. The minimum absolute atomic E-state index is 0.0542. The number of hydrogen-bond acceptors (Lipinski definition) is 4. The molecule has 112 valence electrons. The van der Waals surface area contributed by atoms with Gasteiger partial charge >= 0.3 is 12.1 Å². The predicted molar refractivity (Wildman–Crippen MR) is 64.5 cm³/mol. The topological polar surface area (TPSA) is 95.1 Å². The zero-order valence-electron chi connectivity index (χ0n) is 10.5. The monoisotopic (exact) mass is 293 g/mol. The van der Waals surface area contributed by atoms with Gasteiger partial charge in [-0.05, 0) is 12.8 Å². The number of anilines is 1. The number of carbonyl (C=O) groups is 1. The molecule has 0 aliphatic heterocycles. The van der Waals surface area contributed by atoms with E-state index >= 15 is 0 Å². The third-order valence-corrected chi connectivity index (χ3v) is 2.39. The summed E-state index contributed by atoms with van der Waals surface area (Å²) in [6.45, 7) is 0.296. The van der Waals surface area contributed by atoms with Gasteiger partial charge in [-0.15, -0.1) is 0 Å². The molecular weight excluding hydrogens is 279 g/mol. The van der Waals surface area contributed by atoms with Gasteiger partial charge in [0.05, 0.1) is 0 Å². The van der Waals surface area contributed by atoms with Crippen molar-refractivity contribution in [1.29, 1.82) is 0 Å². The van der Waals surface area contributed by atoms with E-state index in [0.717, 1.165) is 0 Å². The van der Waals surface area contributed by atoms with Gasteiger partial charge in [-0.2, -0.15) is 13.2 Å². The number of aliphatic carboxylic acids is 1. The smallest absolute Gasteiger partial charge is 0.433 e. The minimum Gasteiger partial charge on any atom is -0.481 e. The zero-order chi connectivity index (χ0) is 15.2. The molecule has 0 amide bonds. The molecule has 0 aliphatic rings. The molecule has 0 radical (unpaired) electrons. The first kappa shape index (κ1) is 16.0. The standard InChI is InChI=1S/C11H14F3N3O3/c12-11(13,14)7-6-8(18)17-10(16-7)15-5-3-1-2-4-9(19)20/h6H,1-5H2,(H,19,20)(H2,15,16,17,18). The lowest BCUT2D eigenvalue weighted by Crippen LogP contribution is -2.19. The van der Waals surface area contributed by atoms with Crippen molar-refractivity contribution in [2.75, 3.05) is 11.9 Å². The number of unbranched alkanes of at least 4 members (excludes halogenated alkanes) is 2. The number of rotatable bonds is 7. The summed E-state index contributed by atoms with van der Waals surface area (Å²) in [5.41, 5.74) is -2.14. The Labute approximate surface area is 112 Å². The lowest BCUT2D eigenvalue weighted by atomic mass is 10.2. The van der Waals surface area contributed by atoms with Crippen molar-refractivity contribution in [2.45, 2.75) is 31.9 Å². The van der Waals surface area contributed by atoms with Crippen LogP contribution in [0.2, 0.25) is 0 Å². The molecule has 1 aromatic rings. The number of alkyl halides is 3. The molecule has 0 fully saturated rings. The number of hydrogen-bond donors (Lipinski definition) is 3. The molecular formula is C11H14F3N3O3. The third kappa shape index (κ3) is 5.72.